The lowest BCUT2D eigenvalue weighted by Gasteiger charge is -2.19. The number of carbonyl (C=O) groups is 1. The molecule has 0 amide bonds. The Labute approximate surface area is 68.2 Å². The van der Waals surface area contributed by atoms with Gasteiger partial charge in [0, 0.05) is 12.3 Å². The van der Waals surface area contributed by atoms with Crippen LogP contribution < -0.4 is 0 Å². The Morgan fingerprint density at radius 2 is 2.18 bits per heavy atom. The fraction of sp³-hybridized carbons (Fsp3) is 0.900. The maximum atomic E-state index is 11.4. The second-order valence-electron chi connectivity index (χ2n) is 4.10. The first-order valence-electron chi connectivity index (χ1n) is 4.84. The van der Waals surface area contributed by atoms with E-state index >= 15 is 0 Å². The zero-order valence-electron chi connectivity index (χ0n) is 7.18. The molecule has 0 aromatic carbocycles. The molecular formula is C10H16O. The highest BCUT2D eigenvalue weighted by Gasteiger charge is 2.41. The summed E-state index contributed by atoms with van der Waals surface area (Å²) in [4.78, 5) is 11.4. The Balaban J connectivity index is 2.02. The van der Waals surface area contributed by atoms with Crippen LogP contribution in [0.5, 0.6) is 0 Å². The van der Waals surface area contributed by atoms with Crippen LogP contribution in [0.3, 0.4) is 0 Å². The van der Waals surface area contributed by atoms with Gasteiger partial charge in [-0.15, -0.1) is 0 Å². The number of hydrogen-bond acceptors (Lipinski definition) is 1. The van der Waals surface area contributed by atoms with Crippen LogP contribution in [-0.4, -0.2) is 5.78 Å². The Morgan fingerprint density at radius 3 is 2.64 bits per heavy atom. The van der Waals surface area contributed by atoms with E-state index in [-0.39, 0.29) is 0 Å². The van der Waals surface area contributed by atoms with Gasteiger partial charge in [-0.25, -0.2) is 0 Å². The summed E-state index contributed by atoms with van der Waals surface area (Å²) in [7, 11) is 0. The van der Waals surface area contributed by atoms with E-state index in [0.717, 1.165) is 18.3 Å². The van der Waals surface area contributed by atoms with Crippen molar-refractivity contribution >= 4 is 5.78 Å². The van der Waals surface area contributed by atoms with E-state index in [4.69, 9.17) is 0 Å². The first-order chi connectivity index (χ1) is 5.31. The SMILES string of the molecule is CCC(=O)[C@H]1C[C@@H]2CC[C@H]1C2. The second kappa shape index (κ2) is 2.62. The molecule has 0 spiro atoms. The minimum atomic E-state index is 0.471. The highest BCUT2D eigenvalue weighted by atomic mass is 16.1. The average molecular weight is 152 g/mol. The van der Waals surface area contributed by atoms with E-state index in [1.807, 2.05) is 6.92 Å². The fourth-order valence-electron chi connectivity index (χ4n) is 2.90. The Hall–Kier alpha value is -0.330. The quantitative estimate of drug-likeness (QED) is 0.593. The summed E-state index contributed by atoms with van der Waals surface area (Å²) in [6.07, 6.45) is 6.07. The number of carbonyl (C=O) groups excluding carboxylic acids is 1. The zero-order chi connectivity index (χ0) is 7.84. The highest BCUT2D eigenvalue weighted by Crippen LogP contribution is 2.48. The molecule has 0 heterocycles. The van der Waals surface area contributed by atoms with Gasteiger partial charge >= 0.3 is 0 Å². The van der Waals surface area contributed by atoms with Crippen LogP contribution in [0, 0.1) is 17.8 Å². The largest absolute Gasteiger partial charge is 0.299 e. The number of ketones is 1. The smallest absolute Gasteiger partial charge is 0.135 e. The number of rotatable bonds is 2. The van der Waals surface area contributed by atoms with Gasteiger partial charge in [-0.2, -0.15) is 0 Å². The molecule has 1 nitrogen and oxygen atoms in total. The lowest BCUT2D eigenvalue weighted by Crippen LogP contribution is -2.19. The van der Waals surface area contributed by atoms with E-state index in [0.29, 0.717) is 11.7 Å². The molecule has 11 heavy (non-hydrogen) atoms. The van der Waals surface area contributed by atoms with Crippen LogP contribution in [0.4, 0.5) is 0 Å². The van der Waals surface area contributed by atoms with E-state index in [1.165, 1.54) is 25.7 Å². The fourth-order valence-corrected chi connectivity index (χ4v) is 2.90. The number of Topliss-reactive ketones (excluding diaryl/α,β-unsaturated/α-hetero) is 1. The second-order valence-corrected chi connectivity index (χ2v) is 4.10. The average Bonchev–Trinajstić information content (AvgIpc) is 2.62. The monoisotopic (exact) mass is 152 g/mol. The van der Waals surface area contributed by atoms with E-state index in [2.05, 4.69) is 0 Å². The number of hydrogen-bond donors (Lipinski definition) is 0. The molecule has 0 unspecified atom stereocenters. The molecule has 2 bridgehead atoms. The molecule has 0 aromatic heterocycles. The van der Waals surface area contributed by atoms with Crippen molar-refractivity contribution in [2.45, 2.75) is 39.0 Å². The third-order valence-corrected chi connectivity index (χ3v) is 3.50. The van der Waals surface area contributed by atoms with Gasteiger partial charge in [0.25, 0.3) is 0 Å². The first kappa shape index (κ1) is 7.33. The molecule has 3 atom stereocenters. The topological polar surface area (TPSA) is 17.1 Å². The van der Waals surface area contributed by atoms with Crippen LogP contribution in [0.25, 0.3) is 0 Å². The standard InChI is InChI=1S/C10H16O/c1-2-10(11)9-6-7-3-4-8(9)5-7/h7-9H,2-6H2,1H3/t7-,8+,9+/m1/s1. The van der Waals surface area contributed by atoms with E-state index < -0.39 is 0 Å². The van der Waals surface area contributed by atoms with Crippen LogP contribution >= 0.6 is 0 Å². The maximum absolute atomic E-state index is 11.4. The van der Waals surface area contributed by atoms with Crippen molar-refractivity contribution in [1.29, 1.82) is 0 Å². The lowest BCUT2D eigenvalue weighted by atomic mass is 9.85. The molecule has 2 saturated carbocycles. The predicted molar refractivity (Wildman–Crippen MR) is 44.2 cm³/mol. The molecule has 0 N–H and O–H groups in total. The lowest BCUT2D eigenvalue weighted by molar-refractivity contribution is -0.124. The summed E-state index contributed by atoms with van der Waals surface area (Å²) in [6.45, 7) is 1.99. The first-order valence-corrected chi connectivity index (χ1v) is 4.84. The van der Waals surface area contributed by atoms with Crippen LogP contribution in [0.15, 0.2) is 0 Å². The van der Waals surface area contributed by atoms with Crippen molar-refractivity contribution in [2.75, 3.05) is 0 Å². The minimum absolute atomic E-state index is 0.471. The molecule has 0 aliphatic heterocycles. The summed E-state index contributed by atoms with van der Waals surface area (Å²) in [5.74, 6) is 2.70. The third-order valence-electron chi connectivity index (χ3n) is 3.50. The highest BCUT2D eigenvalue weighted by molar-refractivity contribution is 5.81. The Morgan fingerprint density at radius 1 is 1.36 bits per heavy atom. The molecule has 2 aliphatic rings. The van der Waals surface area contributed by atoms with Gasteiger partial charge in [0.2, 0.25) is 0 Å². The molecular weight excluding hydrogens is 136 g/mol. The molecule has 0 saturated heterocycles. The summed E-state index contributed by atoms with van der Waals surface area (Å²) in [5.41, 5.74) is 0. The van der Waals surface area contributed by atoms with Crippen molar-refractivity contribution in [3.05, 3.63) is 0 Å². The normalized spacial score (nSPS) is 41.4. The van der Waals surface area contributed by atoms with Gasteiger partial charge in [0.15, 0.2) is 0 Å². The molecule has 1 heteroatoms. The molecule has 2 rings (SSSR count). The number of fused-ring (bicyclic) bond motifs is 2. The predicted octanol–water partition coefficient (Wildman–Crippen LogP) is 2.40. The van der Waals surface area contributed by atoms with Gasteiger partial charge in [-0.05, 0) is 31.1 Å². The van der Waals surface area contributed by atoms with Gasteiger partial charge < -0.3 is 0 Å². The van der Waals surface area contributed by atoms with Crippen molar-refractivity contribution in [3.63, 3.8) is 0 Å². The zero-order valence-corrected chi connectivity index (χ0v) is 7.18. The van der Waals surface area contributed by atoms with Crippen LogP contribution in [-0.2, 0) is 4.79 Å². The molecule has 2 aliphatic carbocycles. The van der Waals surface area contributed by atoms with Crippen LogP contribution in [0.1, 0.15) is 39.0 Å². The van der Waals surface area contributed by atoms with Crippen molar-refractivity contribution < 1.29 is 4.79 Å². The summed E-state index contributed by atoms with van der Waals surface area (Å²) in [5, 5.41) is 0. The molecule has 0 aromatic rings. The van der Waals surface area contributed by atoms with Crippen molar-refractivity contribution in [2.24, 2.45) is 17.8 Å². The molecule has 62 valence electrons. The summed E-state index contributed by atoms with van der Waals surface area (Å²) >= 11 is 0. The van der Waals surface area contributed by atoms with Crippen molar-refractivity contribution in [3.8, 4) is 0 Å². The summed E-state index contributed by atoms with van der Waals surface area (Å²) in [6, 6.07) is 0. The van der Waals surface area contributed by atoms with Gasteiger partial charge in [0.05, 0.1) is 0 Å². The van der Waals surface area contributed by atoms with Gasteiger partial charge in [-0.1, -0.05) is 13.3 Å². The molecule has 2 fully saturated rings. The van der Waals surface area contributed by atoms with Crippen molar-refractivity contribution in [1.82, 2.24) is 0 Å². The molecule has 0 radical (unpaired) electrons. The van der Waals surface area contributed by atoms with Gasteiger partial charge in [0.1, 0.15) is 5.78 Å². The van der Waals surface area contributed by atoms with E-state index in [1.54, 1.807) is 0 Å². The van der Waals surface area contributed by atoms with Gasteiger partial charge in [-0.3, -0.25) is 4.79 Å². The minimum Gasteiger partial charge on any atom is -0.299 e. The van der Waals surface area contributed by atoms with E-state index in [9.17, 15) is 4.79 Å². The van der Waals surface area contributed by atoms with Crippen LogP contribution in [0.2, 0.25) is 0 Å². The Kier molecular flexibility index (Phi) is 1.74. The summed E-state index contributed by atoms with van der Waals surface area (Å²) < 4.78 is 0. The third kappa shape index (κ3) is 1.11. The Bertz CT molecular complexity index is 174. The maximum Gasteiger partial charge on any atom is 0.135 e.